The third kappa shape index (κ3) is 5.80. The molecule has 1 aromatic rings. The Labute approximate surface area is 109 Å². The van der Waals surface area contributed by atoms with Gasteiger partial charge in [0, 0.05) is 19.6 Å². The average molecular weight is 250 g/mol. The molecule has 0 amide bonds. The third-order valence-electron chi connectivity index (χ3n) is 2.75. The summed E-state index contributed by atoms with van der Waals surface area (Å²) in [7, 11) is 3.98. The number of hydrogen-bond donors (Lipinski definition) is 1. The van der Waals surface area contributed by atoms with Crippen molar-refractivity contribution in [3.8, 4) is 0 Å². The van der Waals surface area contributed by atoms with Crippen molar-refractivity contribution in [1.82, 2.24) is 9.80 Å². The maximum Gasteiger partial charge on any atom is 0.317 e. The zero-order chi connectivity index (χ0) is 13.5. The third-order valence-corrected chi connectivity index (χ3v) is 2.75. The van der Waals surface area contributed by atoms with E-state index in [-0.39, 0.29) is 6.54 Å². The zero-order valence-corrected chi connectivity index (χ0v) is 11.4. The van der Waals surface area contributed by atoms with Gasteiger partial charge in [-0.2, -0.15) is 0 Å². The van der Waals surface area contributed by atoms with E-state index in [0.29, 0.717) is 6.54 Å². The molecule has 0 bridgehead atoms. The van der Waals surface area contributed by atoms with Gasteiger partial charge in [0.25, 0.3) is 0 Å². The highest BCUT2D eigenvalue weighted by atomic mass is 16.4. The number of likely N-dealkylation sites (N-methyl/N-ethyl adjacent to an activating group) is 1. The Bertz CT molecular complexity index is 374. The van der Waals surface area contributed by atoms with E-state index in [2.05, 4.69) is 29.2 Å². The van der Waals surface area contributed by atoms with Gasteiger partial charge < -0.3 is 10.0 Å². The second kappa shape index (κ2) is 7.13. The first-order chi connectivity index (χ1) is 8.47. The summed E-state index contributed by atoms with van der Waals surface area (Å²) in [6.45, 7) is 4.43. The number of carbonyl (C=O) groups is 1. The lowest BCUT2D eigenvalue weighted by molar-refractivity contribution is -0.138. The molecule has 18 heavy (non-hydrogen) atoms. The fourth-order valence-corrected chi connectivity index (χ4v) is 1.70. The number of benzene rings is 1. The van der Waals surface area contributed by atoms with Crippen LogP contribution in [0.3, 0.4) is 0 Å². The number of hydrogen-bond acceptors (Lipinski definition) is 3. The van der Waals surface area contributed by atoms with Gasteiger partial charge in [-0.3, -0.25) is 9.69 Å². The molecule has 4 nitrogen and oxygen atoms in total. The predicted molar refractivity (Wildman–Crippen MR) is 72.6 cm³/mol. The van der Waals surface area contributed by atoms with Crippen molar-refractivity contribution in [2.45, 2.75) is 13.5 Å². The van der Waals surface area contributed by atoms with Gasteiger partial charge in [0.05, 0.1) is 6.54 Å². The number of aliphatic carboxylic acids is 1. The first-order valence-corrected chi connectivity index (χ1v) is 6.12. The van der Waals surface area contributed by atoms with Gasteiger partial charge >= 0.3 is 5.97 Å². The summed E-state index contributed by atoms with van der Waals surface area (Å²) < 4.78 is 0. The Morgan fingerprint density at radius 2 is 1.78 bits per heavy atom. The first kappa shape index (κ1) is 14.7. The molecule has 0 aliphatic heterocycles. The van der Waals surface area contributed by atoms with Crippen LogP contribution in [-0.2, 0) is 11.3 Å². The monoisotopic (exact) mass is 250 g/mol. The molecule has 1 rings (SSSR count). The van der Waals surface area contributed by atoms with Crippen molar-refractivity contribution in [2.75, 3.05) is 33.7 Å². The van der Waals surface area contributed by atoms with E-state index in [0.717, 1.165) is 18.7 Å². The highest BCUT2D eigenvalue weighted by molar-refractivity contribution is 5.69. The van der Waals surface area contributed by atoms with Crippen LogP contribution in [0.2, 0.25) is 0 Å². The molecule has 0 spiro atoms. The zero-order valence-electron chi connectivity index (χ0n) is 11.4. The van der Waals surface area contributed by atoms with Gasteiger partial charge in [0.2, 0.25) is 0 Å². The topological polar surface area (TPSA) is 43.8 Å². The quantitative estimate of drug-likeness (QED) is 0.795. The van der Waals surface area contributed by atoms with Crippen LogP contribution in [0.1, 0.15) is 11.1 Å². The molecule has 4 heteroatoms. The Morgan fingerprint density at radius 1 is 1.17 bits per heavy atom. The first-order valence-electron chi connectivity index (χ1n) is 6.12. The van der Waals surface area contributed by atoms with Crippen molar-refractivity contribution in [3.05, 3.63) is 35.4 Å². The largest absolute Gasteiger partial charge is 0.480 e. The molecule has 0 unspecified atom stereocenters. The second-order valence-corrected chi connectivity index (χ2v) is 4.89. The highest BCUT2D eigenvalue weighted by Crippen LogP contribution is 2.06. The summed E-state index contributed by atoms with van der Waals surface area (Å²) in [5, 5.41) is 8.92. The van der Waals surface area contributed by atoms with Crippen LogP contribution in [0.15, 0.2) is 24.3 Å². The molecule has 0 saturated heterocycles. The molecule has 1 N–H and O–H groups in total. The van der Waals surface area contributed by atoms with Crippen molar-refractivity contribution in [3.63, 3.8) is 0 Å². The Kier molecular flexibility index (Phi) is 5.82. The fraction of sp³-hybridized carbons (Fsp3) is 0.500. The molecular weight excluding hydrogens is 228 g/mol. The number of carboxylic acids is 1. The SMILES string of the molecule is Cc1ccc(CN(CCN(C)C)CC(=O)O)cc1. The van der Waals surface area contributed by atoms with Crippen LogP contribution in [0.5, 0.6) is 0 Å². The van der Waals surface area contributed by atoms with Gasteiger partial charge in [-0.1, -0.05) is 29.8 Å². The van der Waals surface area contributed by atoms with Gasteiger partial charge in [-0.15, -0.1) is 0 Å². The Hall–Kier alpha value is -1.39. The molecule has 0 fully saturated rings. The Balaban J connectivity index is 2.59. The lowest BCUT2D eigenvalue weighted by Crippen LogP contribution is -2.35. The molecule has 0 radical (unpaired) electrons. The predicted octanol–water partition coefficient (Wildman–Crippen LogP) is 1.44. The van der Waals surface area contributed by atoms with Gasteiger partial charge in [0.1, 0.15) is 0 Å². The van der Waals surface area contributed by atoms with E-state index in [9.17, 15) is 4.79 Å². The summed E-state index contributed by atoms with van der Waals surface area (Å²) in [4.78, 5) is 14.9. The van der Waals surface area contributed by atoms with E-state index in [4.69, 9.17) is 5.11 Å². The van der Waals surface area contributed by atoms with E-state index in [1.165, 1.54) is 5.56 Å². The van der Waals surface area contributed by atoms with Crippen molar-refractivity contribution in [1.29, 1.82) is 0 Å². The van der Waals surface area contributed by atoms with E-state index in [1.807, 2.05) is 25.9 Å². The maximum absolute atomic E-state index is 10.8. The van der Waals surface area contributed by atoms with E-state index in [1.54, 1.807) is 0 Å². The minimum absolute atomic E-state index is 0.0850. The molecular formula is C14H22N2O2. The smallest absolute Gasteiger partial charge is 0.317 e. The average Bonchev–Trinajstić information content (AvgIpc) is 2.28. The van der Waals surface area contributed by atoms with Crippen LogP contribution in [0.25, 0.3) is 0 Å². The van der Waals surface area contributed by atoms with Gasteiger partial charge in [-0.25, -0.2) is 0 Å². The van der Waals surface area contributed by atoms with Gasteiger partial charge in [-0.05, 0) is 26.6 Å². The minimum Gasteiger partial charge on any atom is -0.480 e. The van der Waals surface area contributed by atoms with E-state index >= 15 is 0 Å². The number of carboxylic acid groups (broad SMARTS) is 1. The molecule has 0 heterocycles. The van der Waals surface area contributed by atoms with Crippen LogP contribution < -0.4 is 0 Å². The Morgan fingerprint density at radius 3 is 2.28 bits per heavy atom. The summed E-state index contributed by atoms with van der Waals surface area (Å²) in [5.41, 5.74) is 2.37. The van der Waals surface area contributed by atoms with Crippen LogP contribution in [-0.4, -0.2) is 54.6 Å². The summed E-state index contributed by atoms with van der Waals surface area (Å²) >= 11 is 0. The number of aryl methyl sites for hydroxylation is 1. The second-order valence-electron chi connectivity index (χ2n) is 4.89. The molecule has 0 atom stereocenters. The molecule has 0 aliphatic carbocycles. The molecule has 0 aromatic heterocycles. The van der Waals surface area contributed by atoms with Crippen LogP contribution in [0, 0.1) is 6.92 Å². The summed E-state index contributed by atoms with van der Waals surface area (Å²) in [6, 6.07) is 8.22. The number of nitrogens with zero attached hydrogens (tertiary/aromatic N) is 2. The van der Waals surface area contributed by atoms with Crippen molar-refractivity contribution < 1.29 is 9.90 Å². The minimum atomic E-state index is -0.777. The lowest BCUT2D eigenvalue weighted by Gasteiger charge is -2.22. The molecule has 0 saturated carbocycles. The highest BCUT2D eigenvalue weighted by Gasteiger charge is 2.10. The molecule has 100 valence electrons. The maximum atomic E-state index is 10.8. The van der Waals surface area contributed by atoms with E-state index < -0.39 is 5.97 Å². The molecule has 1 aromatic carbocycles. The van der Waals surface area contributed by atoms with Crippen molar-refractivity contribution >= 4 is 5.97 Å². The van der Waals surface area contributed by atoms with Crippen molar-refractivity contribution in [2.24, 2.45) is 0 Å². The number of rotatable bonds is 7. The van der Waals surface area contributed by atoms with Crippen LogP contribution >= 0.6 is 0 Å². The fourth-order valence-electron chi connectivity index (χ4n) is 1.70. The summed E-state index contributed by atoms with van der Waals surface area (Å²) in [5.74, 6) is -0.777. The lowest BCUT2D eigenvalue weighted by atomic mass is 10.1. The summed E-state index contributed by atoms with van der Waals surface area (Å²) in [6.07, 6.45) is 0. The van der Waals surface area contributed by atoms with Gasteiger partial charge in [0.15, 0.2) is 0 Å². The molecule has 0 aliphatic rings. The van der Waals surface area contributed by atoms with Crippen LogP contribution in [0.4, 0.5) is 0 Å². The normalized spacial score (nSPS) is 11.2. The standard InChI is InChI=1S/C14H22N2O2/c1-12-4-6-13(7-5-12)10-16(11-14(17)18)9-8-15(2)3/h4-7H,8-11H2,1-3H3,(H,17,18).